The molecule has 0 amide bonds. The molecule has 0 aliphatic rings. The second kappa shape index (κ2) is 9.19. The first kappa shape index (κ1) is 19.0. The summed E-state index contributed by atoms with van der Waals surface area (Å²) in [6.45, 7) is 12.7. The van der Waals surface area contributed by atoms with E-state index < -0.39 is 0 Å². The smallest absolute Gasteiger partial charge is 0.122 e. The predicted molar refractivity (Wildman–Crippen MR) is 96.6 cm³/mol. The first-order valence-electron chi connectivity index (χ1n) is 8.90. The minimum Gasteiger partial charge on any atom is -0.507 e. The predicted octanol–water partition coefficient (Wildman–Crippen LogP) is 5.45. The van der Waals surface area contributed by atoms with Crippen molar-refractivity contribution in [2.45, 2.75) is 85.1 Å². The van der Waals surface area contributed by atoms with Crippen LogP contribution in [0.25, 0.3) is 0 Å². The molecule has 1 aromatic carbocycles. The maximum Gasteiger partial charge on any atom is 0.122 e. The Hall–Kier alpha value is -1.02. The van der Waals surface area contributed by atoms with E-state index >= 15 is 0 Å². The number of phenolic OH excluding ortho intramolecular Hbond substituents is 1. The van der Waals surface area contributed by atoms with Gasteiger partial charge in [0.2, 0.25) is 0 Å². The van der Waals surface area contributed by atoms with Gasteiger partial charge in [-0.3, -0.25) is 0 Å². The Morgan fingerprint density at radius 1 is 1.00 bits per heavy atom. The summed E-state index contributed by atoms with van der Waals surface area (Å²) in [7, 11) is 0. The summed E-state index contributed by atoms with van der Waals surface area (Å²) in [5.41, 5.74) is 3.27. The second-order valence-electron chi connectivity index (χ2n) is 7.50. The molecule has 0 atom stereocenters. The summed E-state index contributed by atoms with van der Waals surface area (Å²) >= 11 is 0. The lowest BCUT2D eigenvalue weighted by Crippen LogP contribution is -2.17. The molecule has 22 heavy (non-hydrogen) atoms. The topological polar surface area (TPSA) is 32.3 Å². The van der Waals surface area contributed by atoms with Crippen LogP contribution in [-0.4, -0.2) is 11.7 Å². The van der Waals surface area contributed by atoms with Crippen LogP contribution in [0.1, 0.15) is 82.9 Å². The minimum absolute atomic E-state index is 0.0237. The van der Waals surface area contributed by atoms with Crippen LogP contribution in [-0.2, 0) is 12.0 Å². The summed E-state index contributed by atoms with van der Waals surface area (Å²) in [6, 6.07) is 4.25. The number of hydrogen-bond donors (Lipinski definition) is 2. The Balaban J connectivity index is 2.42. The van der Waals surface area contributed by atoms with Gasteiger partial charge in [-0.05, 0) is 42.0 Å². The first-order valence-corrected chi connectivity index (χ1v) is 8.90. The lowest BCUT2D eigenvalue weighted by Gasteiger charge is -2.22. The maximum atomic E-state index is 10.2. The molecule has 1 rings (SSSR count). The molecule has 2 nitrogen and oxygen atoms in total. The summed E-state index contributed by atoms with van der Waals surface area (Å²) in [5.74, 6) is 0.451. The lowest BCUT2D eigenvalue weighted by molar-refractivity contribution is 0.442. The van der Waals surface area contributed by atoms with E-state index in [1.807, 2.05) is 6.92 Å². The van der Waals surface area contributed by atoms with E-state index in [-0.39, 0.29) is 5.41 Å². The van der Waals surface area contributed by atoms with Gasteiger partial charge in [0, 0.05) is 6.54 Å². The molecule has 126 valence electrons. The van der Waals surface area contributed by atoms with E-state index in [1.165, 1.54) is 44.1 Å². The van der Waals surface area contributed by atoms with Gasteiger partial charge in [-0.15, -0.1) is 0 Å². The molecule has 0 saturated carbocycles. The summed E-state index contributed by atoms with van der Waals surface area (Å²) in [5, 5.41) is 13.8. The number of unbranched alkanes of at least 4 members (excludes halogenated alkanes) is 5. The van der Waals surface area contributed by atoms with Gasteiger partial charge >= 0.3 is 0 Å². The molecular weight excluding hydrogens is 270 g/mol. The third-order valence-corrected chi connectivity index (χ3v) is 4.20. The zero-order chi connectivity index (χ0) is 16.6. The first-order chi connectivity index (χ1) is 10.4. The number of benzene rings is 1. The summed E-state index contributed by atoms with van der Waals surface area (Å²) in [6.07, 6.45) is 8.01. The van der Waals surface area contributed by atoms with E-state index in [9.17, 15) is 5.11 Å². The molecule has 0 spiro atoms. The van der Waals surface area contributed by atoms with Crippen molar-refractivity contribution in [2.75, 3.05) is 6.54 Å². The van der Waals surface area contributed by atoms with Gasteiger partial charge < -0.3 is 10.4 Å². The van der Waals surface area contributed by atoms with E-state index in [1.54, 1.807) is 0 Å². The van der Waals surface area contributed by atoms with Crippen LogP contribution in [0.4, 0.5) is 0 Å². The average Bonchev–Trinajstić information content (AvgIpc) is 2.44. The number of aromatic hydroxyl groups is 1. The normalized spacial score (nSPS) is 11.9. The van der Waals surface area contributed by atoms with Gasteiger partial charge in [0.1, 0.15) is 5.75 Å². The molecule has 2 heteroatoms. The molecule has 0 radical (unpaired) electrons. The maximum absolute atomic E-state index is 10.2. The molecular formula is C20H35NO. The minimum atomic E-state index is -0.0237. The highest BCUT2D eigenvalue weighted by Gasteiger charge is 2.19. The van der Waals surface area contributed by atoms with Gasteiger partial charge in [-0.25, -0.2) is 0 Å². The Kier molecular flexibility index (Phi) is 7.95. The summed E-state index contributed by atoms with van der Waals surface area (Å²) < 4.78 is 0. The quantitative estimate of drug-likeness (QED) is 0.595. The Labute approximate surface area is 137 Å². The van der Waals surface area contributed by atoms with Gasteiger partial charge in [-0.1, -0.05) is 71.9 Å². The Morgan fingerprint density at radius 2 is 1.64 bits per heavy atom. The zero-order valence-corrected chi connectivity index (χ0v) is 15.3. The number of phenols is 1. The number of hydrogen-bond acceptors (Lipinski definition) is 2. The molecule has 0 saturated heterocycles. The highest BCUT2D eigenvalue weighted by Crippen LogP contribution is 2.33. The van der Waals surface area contributed by atoms with Crippen LogP contribution in [0.5, 0.6) is 5.75 Å². The Bertz CT molecular complexity index is 446. The van der Waals surface area contributed by atoms with Gasteiger partial charge in [0.05, 0.1) is 0 Å². The molecule has 0 fully saturated rings. The molecule has 0 aliphatic carbocycles. The van der Waals surface area contributed by atoms with E-state index in [0.29, 0.717) is 5.75 Å². The van der Waals surface area contributed by atoms with Crippen molar-refractivity contribution in [3.8, 4) is 5.75 Å². The van der Waals surface area contributed by atoms with Crippen LogP contribution in [0.15, 0.2) is 12.1 Å². The highest BCUT2D eigenvalue weighted by atomic mass is 16.3. The zero-order valence-electron chi connectivity index (χ0n) is 15.3. The fourth-order valence-corrected chi connectivity index (χ4v) is 2.79. The van der Waals surface area contributed by atoms with Crippen molar-refractivity contribution in [3.05, 3.63) is 28.8 Å². The molecule has 0 unspecified atom stereocenters. The van der Waals surface area contributed by atoms with Crippen LogP contribution < -0.4 is 5.32 Å². The van der Waals surface area contributed by atoms with Crippen LogP contribution in [0, 0.1) is 6.92 Å². The Morgan fingerprint density at radius 3 is 2.27 bits per heavy atom. The molecule has 0 heterocycles. The van der Waals surface area contributed by atoms with Crippen molar-refractivity contribution < 1.29 is 5.11 Å². The molecule has 0 bridgehead atoms. The number of nitrogens with one attached hydrogen (secondary N) is 1. The molecule has 0 aromatic heterocycles. The van der Waals surface area contributed by atoms with Crippen LogP contribution >= 0.6 is 0 Å². The molecule has 0 aliphatic heterocycles. The van der Waals surface area contributed by atoms with Crippen molar-refractivity contribution in [1.29, 1.82) is 0 Å². The van der Waals surface area contributed by atoms with Gasteiger partial charge in [0.25, 0.3) is 0 Å². The standard InChI is InChI=1S/C20H35NO/c1-6-7-8-9-10-11-12-21-15-17-13-16(2)19(22)18(14-17)20(3,4)5/h13-14,21-22H,6-12,15H2,1-5H3. The molecule has 1 aromatic rings. The SMILES string of the molecule is CCCCCCCCNCc1cc(C)c(O)c(C(C)(C)C)c1. The molecule has 2 N–H and O–H groups in total. The largest absolute Gasteiger partial charge is 0.507 e. The van der Waals surface area contributed by atoms with Crippen molar-refractivity contribution >= 4 is 0 Å². The summed E-state index contributed by atoms with van der Waals surface area (Å²) in [4.78, 5) is 0. The van der Waals surface area contributed by atoms with Gasteiger partial charge in [-0.2, -0.15) is 0 Å². The number of rotatable bonds is 9. The second-order valence-corrected chi connectivity index (χ2v) is 7.50. The highest BCUT2D eigenvalue weighted by molar-refractivity contribution is 5.46. The fourth-order valence-electron chi connectivity index (χ4n) is 2.79. The van der Waals surface area contributed by atoms with Crippen molar-refractivity contribution in [3.63, 3.8) is 0 Å². The van der Waals surface area contributed by atoms with Gasteiger partial charge in [0.15, 0.2) is 0 Å². The van der Waals surface area contributed by atoms with Crippen LogP contribution in [0.3, 0.4) is 0 Å². The number of aryl methyl sites for hydroxylation is 1. The van der Waals surface area contributed by atoms with E-state index in [4.69, 9.17) is 0 Å². The third-order valence-electron chi connectivity index (χ3n) is 4.20. The monoisotopic (exact) mass is 305 g/mol. The van der Waals surface area contributed by atoms with E-state index in [2.05, 4.69) is 45.1 Å². The van der Waals surface area contributed by atoms with Crippen molar-refractivity contribution in [2.24, 2.45) is 0 Å². The third kappa shape index (κ3) is 6.39. The van der Waals surface area contributed by atoms with E-state index in [0.717, 1.165) is 24.2 Å². The lowest BCUT2D eigenvalue weighted by atomic mass is 9.84. The average molecular weight is 306 g/mol. The van der Waals surface area contributed by atoms with Crippen molar-refractivity contribution in [1.82, 2.24) is 5.32 Å². The fraction of sp³-hybridized carbons (Fsp3) is 0.700. The van der Waals surface area contributed by atoms with Crippen LogP contribution in [0.2, 0.25) is 0 Å².